The van der Waals surface area contributed by atoms with Gasteiger partial charge in [0.25, 0.3) is 5.91 Å². The Morgan fingerprint density at radius 3 is 2.30 bits per heavy atom. The molecule has 12 heteroatoms. The largest absolute Gasteiger partial charge is 0.508 e. The third-order valence-electron chi connectivity index (χ3n) is 4.82. The van der Waals surface area contributed by atoms with Gasteiger partial charge in [0.1, 0.15) is 11.5 Å². The molecule has 1 atom stereocenters. The van der Waals surface area contributed by atoms with Crippen LogP contribution in [0.15, 0.2) is 42.5 Å². The van der Waals surface area contributed by atoms with Crippen molar-refractivity contribution in [3.05, 3.63) is 59.2 Å². The van der Waals surface area contributed by atoms with Gasteiger partial charge in [-0.15, -0.1) is 47.3 Å². The van der Waals surface area contributed by atoms with Crippen LogP contribution in [0.2, 0.25) is 0 Å². The molecule has 3 rings (SSSR count). The molecule has 1 heterocycles. The molecule has 1 fully saturated rings. The molecule has 1 N–H and O–H groups in total. The summed E-state index contributed by atoms with van der Waals surface area (Å²) in [5.74, 6) is -0.334. The molecule has 1 aliphatic heterocycles. The number of benzene rings is 2. The van der Waals surface area contributed by atoms with Crippen molar-refractivity contribution in [3.63, 3.8) is 0 Å². The maximum atomic E-state index is 13.2. The Labute approximate surface area is 214 Å². The van der Waals surface area contributed by atoms with E-state index >= 15 is 0 Å². The smallest absolute Gasteiger partial charge is 0.417 e. The first-order valence-corrected chi connectivity index (χ1v) is 12.3. The van der Waals surface area contributed by atoms with E-state index in [9.17, 15) is 23.1 Å². The van der Waals surface area contributed by atoms with E-state index in [2.05, 4.69) is 47.3 Å². The van der Waals surface area contributed by atoms with Crippen LogP contribution in [0.1, 0.15) is 30.5 Å². The molecule has 0 radical (unpaired) electrons. The van der Waals surface area contributed by atoms with Crippen LogP contribution in [0.3, 0.4) is 0 Å². The van der Waals surface area contributed by atoms with Gasteiger partial charge in [-0.25, -0.2) is 0 Å². The standard InChI is InChI=1S/C21H19F3N2O3.BBr3/c1-20(2)12-26(11-13-3-6-15(27)7-4-13)19(28)18(20)29-16-8-5-14(10-25)17(9-16)21(22,23)24;2-1(3)4/h3-9,18,27H,11-12H2,1-2H3;. The van der Waals surface area contributed by atoms with Gasteiger partial charge >= 0.3 is 9.36 Å². The van der Waals surface area contributed by atoms with Crippen molar-refractivity contribution in [1.29, 1.82) is 5.26 Å². The minimum absolute atomic E-state index is 0.115. The maximum Gasteiger partial charge on any atom is 0.417 e. The molecule has 1 saturated heterocycles. The fourth-order valence-corrected chi connectivity index (χ4v) is 3.38. The lowest BCUT2D eigenvalue weighted by Gasteiger charge is -2.24. The fourth-order valence-electron chi connectivity index (χ4n) is 3.38. The quantitative estimate of drug-likeness (QED) is 0.396. The Hall–Kier alpha value is -1.71. The molecule has 0 saturated carbocycles. The second-order valence-corrected chi connectivity index (χ2v) is 14.3. The van der Waals surface area contributed by atoms with Crippen molar-refractivity contribution in [2.45, 2.75) is 32.7 Å². The lowest BCUT2D eigenvalue weighted by atomic mass is 9.89. The monoisotopic (exact) mass is 652 g/mol. The first kappa shape index (κ1) is 27.5. The van der Waals surface area contributed by atoms with Crippen LogP contribution in [0.4, 0.5) is 13.2 Å². The van der Waals surface area contributed by atoms with Gasteiger partial charge in [-0.3, -0.25) is 4.79 Å². The Morgan fingerprint density at radius 1 is 1.21 bits per heavy atom. The van der Waals surface area contributed by atoms with E-state index in [1.165, 1.54) is 24.3 Å². The summed E-state index contributed by atoms with van der Waals surface area (Å²) in [5.41, 5.74) is -1.43. The maximum absolute atomic E-state index is 13.2. The average molecular weight is 655 g/mol. The molecule has 0 bridgehead atoms. The van der Waals surface area contributed by atoms with Crippen LogP contribution >= 0.6 is 47.3 Å². The number of aromatic hydroxyl groups is 1. The van der Waals surface area contributed by atoms with Crippen LogP contribution < -0.4 is 4.74 Å². The number of alkyl halides is 3. The number of carbonyl (C=O) groups excluding carboxylic acids is 1. The molecule has 33 heavy (non-hydrogen) atoms. The number of nitriles is 1. The number of hydrogen-bond acceptors (Lipinski definition) is 4. The first-order chi connectivity index (χ1) is 15.2. The highest BCUT2D eigenvalue weighted by Crippen LogP contribution is 2.38. The third-order valence-corrected chi connectivity index (χ3v) is 4.82. The van der Waals surface area contributed by atoms with Gasteiger partial charge in [0.2, 0.25) is 0 Å². The highest BCUT2D eigenvalue weighted by atomic mass is 79.9. The molecular weight excluding hydrogens is 636 g/mol. The summed E-state index contributed by atoms with van der Waals surface area (Å²) in [6.45, 7) is 4.27. The van der Waals surface area contributed by atoms with Gasteiger partial charge in [0.05, 0.1) is 17.2 Å². The Kier molecular flexibility index (Phi) is 9.30. The second kappa shape index (κ2) is 11.1. The summed E-state index contributed by atoms with van der Waals surface area (Å²) in [7, 11) is 0. The summed E-state index contributed by atoms with van der Waals surface area (Å²) < 4.78 is 45.5. The van der Waals surface area contributed by atoms with Crippen molar-refractivity contribution in [1.82, 2.24) is 4.90 Å². The van der Waals surface area contributed by atoms with Crippen molar-refractivity contribution >= 4 is 56.4 Å². The van der Waals surface area contributed by atoms with E-state index in [0.29, 0.717) is 13.1 Å². The van der Waals surface area contributed by atoms with Gasteiger partial charge in [-0.05, 0) is 35.9 Å². The van der Waals surface area contributed by atoms with Gasteiger partial charge in [0.15, 0.2) is 6.10 Å². The summed E-state index contributed by atoms with van der Waals surface area (Å²) in [4.78, 5) is 14.5. The highest BCUT2D eigenvalue weighted by Gasteiger charge is 2.48. The molecule has 0 aromatic heterocycles. The van der Waals surface area contributed by atoms with Gasteiger partial charge in [0, 0.05) is 18.5 Å². The van der Waals surface area contributed by atoms with Crippen LogP contribution in [-0.4, -0.2) is 31.7 Å². The number of halogens is 6. The Bertz CT molecular complexity index is 1030. The zero-order valence-corrected chi connectivity index (χ0v) is 22.3. The zero-order valence-electron chi connectivity index (χ0n) is 17.5. The number of hydrogen-bond donors (Lipinski definition) is 1. The fraction of sp³-hybridized carbons (Fsp3) is 0.333. The predicted octanol–water partition coefficient (Wildman–Crippen LogP) is 6.25. The molecule has 1 aliphatic rings. The topological polar surface area (TPSA) is 73.6 Å². The summed E-state index contributed by atoms with van der Waals surface area (Å²) in [5, 5.41) is 18.3. The molecular formula is C21H19BBr3F3N2O3. The molecule has 1 amide bonds. The number of ether oxygens (including phenoxy) is 1. The lowest BCUT2D eigenvalue weighted by Crippen LogP contribution is -2.36. The molecule has 0 spiro atoms. The normalized spacial score (nSPS) is 17.1. The van der Waals surface area contributed by atoms with Crippen LogP contribution in [0.25, 0.3) is 0 Å². The van der Waals surface area contributed by atoms with Gasteiger partial charge in [-0.1, -0.05) is 26.0 Å². The second-order valence-electron chi connectivity index (χ2n) is 7.91. The number of likely N-dealkylation sites (tertiary alicyclic amines) is 1. The van der Waals surface area contributed by atoms with Gasteiger partial charge in [-0.2, -0.15) is 18.4 Å². The molecule has 2 aromatic carbocycles. The van der Waals surface area contributed by atoms with E-state index in [0.717, 1.165) is 17.7 Å². The van der Waals surface area contributed by atoms with Crippen LogP contribution in [0, 0.1) is 16.7 Å². The van der Waals surface area contributed by atoms with E-state index in [1.54, 1.807) is 30.9 Å². The third kappa shape index (κ3) is 7.65. The minimum atomic E-state index is -4.70. The number of carbonyl (C=O) groups is 1. The Balaban J connectivity index is 0.000000890. The van der Waals surface area contributed by atoms with E-state index in [4.69, 9.17) is 10.00 Å². The first-order valence-electron chi connectivity index (χ1n) is 9.51. The lowest BCUT2D eigenvalue weighted by molar-refractivity contribution is -0.138. The van der Waals surface area contributed by atoms with Crippen molar-refractivity contribution in [2.75, 3.05) is 6.54 Å². The van der Waals surface area contributed by atoms with Crippen LogP contribution in [-0.2, 0) is 17.5 Å². The zero-order chi connectivity index (χ0) is 25.0. The molecule has 176 valence electrons. The summed E-state index contributed by atoms with van der Waals surface area (Å²) >= 11 is 9.31. The van der Waals surface area contributed by atoms with Crippen molar-refractivity contribution in [2.24, 2.45) is 5.41 Å². The molecule has 0 aliphatic carbocycles. The Morgan fingerprint density at radius 2 is 1.79 bits per heavy atom. The molecule has 2 aromatic rings. The number of amides is 1. The van der Waals surface area contributed by atoms with Crippen LogP contribution in [0.5, 0.6) is 11.5 Å². The van der Waals surface area contributed by atoms with Crippen molar-refractivity contribution < 1.29 is 27.8 Å². The molecule has 5 nitrogen and oxygen atoms in total. The van der Waals surface area contributed by atoms with E-state index in [1.807, 2.05) is 0 Å². The summed E-state index contributed by atoms with van der Waals surface area (Å²) in [6.07, 6.45) is -5.67. The number of phenols is 1. The number of rotatable bonds is 4. The highest BCUT2D eigenvalue weighted by molar-refractivity contribution is 9.69. The van der Waals surface area contributed by atoms with Crippen molar-refractivity contribution in [3.8, 4) is 17.6 Å². The summed E-state index contributed by atoms with van der Waals surface area (Å²) in [6, 6.07) is 11.0. The van der Waals surface area contributed by atoms with E-state index in [-0.39, 0.29) is 20.6 Å². The average Bonchev–Trinajstić information content (AvgIpc) is 2.91. The molecule has 1 unspecified atom stereocenters. The number of nitrogens with zero attached hydrogens (tertiary/aromatic N) is 2. The predicted molar refractivity (Wildman–Crippen MR) is 130 cm³/mol. The minimum Gasteiger partial charge on any atom is -0.508 e. The SMILES string of the molecule is BrB(Br)Br.CC1(C)CN(Cc2ccc(O)cc2)C(=O)C1Oc1ccc(C#N)c(C(F)(F)F)c1. The van der Waals surface area contributed by atoms with E-state index < -0.39 is 28.8 Å². The van der Waals surface area contributed by atoms with Gasteiger partial charge < -0.3 is 14.7 Å². The number of phenolic OH excluding ortho intramolecular Hbond substituents is 1.